The van der Waals surface area contributed by atoms with E-state index in [2.05, 4.69) is 44.9 Å². The predicted molar refractivity (Wildman–Crippen MR) is 117 cm³/mol. The van der Waals surface area contributed by atoms with Gasteiger partial charge in [-0.1, -0.05) is 26.0 Å². The smallest absolute Gasteiger partial charge is 0.136 e. The van der Waals surface area contributed by atoms with Gasteiger partial charge in [-0.15, -0.1) is 12.4 Å². The Kier molecular flexibility index (Phi) is 6.87. The normalized spacial score (nSPS) is 15.9. The highest BCUT2D eigenvalue weighted by Crippen LogP contribution is 2.32. The summed E-state index contributed by atoms with van der Waals surface area (Å²) in [5.41, 5.74) is 3.28. The van der Waals surface area contributed by atoms with Gasteiger partial charge in [0, 0.05) is 55.7 Å². The highest BCUT2D eigenvalue weighted by atomic mass is 35.5. The molecule has 1 atom stereocenters. The average Bonchev–Trinajstić information content (AvgIpc) is 3.23. The molecule has 3 heterocycles. The molecule has 1 N–H and O–H groups in total. The van der Waals surface area contributed by atoms with Gasteiger partial charge in [0.1, 0.15) is 11.6 Å². The van der Waals surface area contributed by atoms with Crippen LogP contribution in [0.25, 0.3) is 11.1 Å². The Morgan fingerprint density at radius 3 is 2.38 bits per heavy atom. The molecule has 1 fully saturated rings. The van der Waals surface area contributed by atoms with Gasteiger partial charge in [-0.25, -0.2) is 9.37 Å². The number of hydrogen-bond acceptors (Lipinski definition) is 4. The van der Waals surface area contributed by atoms with Gasteiger partial charge in [0.05, 0.1) is 6.20 Å². The molecule has 1 aliphatic heterocycles. The summed E-state index contributed by atoms with van der Waals surface area (Å²) in [6.45, 7) is 8.27. The van der Waals surface area contributed by atoms with E-state index in [-0.39, 0.29) is 18.2 Å². The Balaban J connectivity index is 0.00000240. The number of hydrogen-bond donors (Lipinski definition) is 1. The van der Waals surface area contributed by atoms with E-state index in [1.165, 1.54) is 17.7 Å². The van der Waals surface area contributed by atoms with Gasteiger partial charge in [0.25, 0.3) is 0 Å². The van der Waals surface area contributed by atoms with Crippen molar-refractivity contribution in [3.05, 3.63) is 66.4 Å². The van der Waals surface area contributed by atoms with Crippen LogP contribution in [0.4, 0.5) is 10.2 Å². The summed E-state index contributed by atoms with van der Waals surface area (Å²) in [6.07, 6.45) is 5.77. The van der Waals surface area contributed by atoms with Crippen molar-refractivity contribution in [2.24, 2.45) is 5.92 Å². The monoisotopic (exact) mass is 415 g/mol. The standard InChI is InChI=1S/C22H26FN5.ClH/c1-16(2)21(18-14-25-26-15-18)27-10-12-28(13-11-27)22-20(4-3-9-24-22)17-5-7-19(23)8-6-17;/h3-9,14-16,21H,10-13H2,1-2H3,(H,25,26);1H. The van der Waals surface area contributed by atoms with E-state index in [1.54, 1.807) is 0 Å². The van der Waals surface area contributed by atoms with Gasteiger partial charge in [0.2, 0.25) is 0 Å². The molecule has 154 valence electrons. The Hall–Kier alpha value is -2.44. The first kappa shape index (κ1) is 21.3. The maximum atomic E-state index is 13.3. The summed E-state index contributed by atoms with van der Waals surface area (Å²) in [6, 6.07) is 11.0. The first-order valence-electron chi connectivity index (χ1n) is 9.82. The van der Waals surface area contributed by atoms with E-state index in [0.717, 1.165) is 43.1 Å². The van der Waals surface area contributed by atoms with E-state index >= 15 is 0 Å². The number of halogens is 2. The highest BCUT2D eigenvalue weighted by molar-refractivity contribution is 5.85. The summed E-state index contributed by atoms with van der Waals surface area (Å²) in [5, 5.41) is 7.08. The lowest BCUT2D eigenvalue weighted by atomic mass is 9.96. The van der Waals surface area contributed by atoms with Crippen LogP contribution in [-0.4, -0.2) is 46.3 Å². The van der Waals surface area contributed by atoms with Gasteiger partial charge in [0.15, 0.2) is 0 Å². The summed E-state index contributed by atoms with van der Waals surface area (Å²) < 4.78 is 13.3. The molecule has 29 heavy (non-hydrogen) atoms. The van der Waals surface area contributed by atoms with Crippen LogP contribution in [0, 0.1) is 11.7 Å². The number of aromatic nitrogens is 3. The van der Waals surface area contributed by atoms with Crippen molar-refractivity contribution >= 4 is 18.2 Å². The lowest BCUT2D eigenvalue weighted by Crippen LogP contribution is -2.49. The number of pyridine rings is 1. The molecule has 0 bridgehead atoms. The van der Waals surface area contributed by atoms with Crippen molar-refractivity contribution in [1.29, 1.82) is 0 Å². The molecule has 4 rings (SSSR count). The van der Waals surface area contributed by atoms with Crippen molar-refractivity contribution in [2.75, 3.05) is 31.1 Å². The topological polar surface area (TPSA) is 48.1 Å². The molecule has 1 aromatic carbocycles. The number of nitrogens with one attached hydrogen (secondary N) is 1. The molecule has 0 spiro atoms. The molecular weight excluding hydrogens is 389 g/mol. The minimum absolute atomic E-state index is 0. The molecular formula is C22H27ClFN5. The number of benzene rings is 1. The lowest BCUT2D eigenvalue weighted by molar-refractivity contribution is 0.146. The SMILES string of the molecule is CC(C)C(c1cn[nH]c1)N1CCN(c2ncccc2-c2ccc(F)cc2)CC1.Cl. The van der Waals surface area contributed by atoms with Gasteiger partial charge in [-0.2, -0.15) is 5.10 Å². The van der Waals surface area contributed by atoms with E-state index in [1.807, 2.05) is 36.8 Å². The van der Waals surface area contributed by atoms with Crippen LogP contribution in [-0.2, 0) is 0 Å². The summed E-state index contributed by atoms with van der Waals surface area (Å²) in [7, 11) is 0. The molecule has 1 aliphatic rings. The Bertz CT molecular complexity index is 890. The zero-order valence-electron chi connectivity index (χ0n) is 16.8. The van der Waals surface area contributed by atoms with Gasteiger partial charge >= 0.3 is 0 Å². The average molecular weight is 416 g/mol. The molecule has 1 unspecified atom stereocenters. The van der Waals surface area contributed by atoms with Gasteiger partial charge in [-0.05, 0) is 35.7 Å². The molecule has 7 heteroatoms. The number of H-pyrrole nitrogens is 1. The zero-order valence-corrected chi connectivity index (χ0v) is 17.6. The first-order valence-corrected chi connectivity index (χ1v) is 9.82. The summed E-state index contributed by atoms with van der Waals surface area (Å²) in [4.78, 5) is 9.52. The van der Waals surface area contributed by atoms with Crippen molar-refractivity contribution in [3.63, 3.8) is 0 Å². The summed E-state index contributed by atoms with van der Waals surface area (Å²) >= 11 is 0. The second-order valence-corrected chi connectivity index (χ2v) is 7.62. The third-order valence-corrected chi connectivity index (χ3v) is 5.44. The molecule has 2 aromatic heterocycles. The Morgan fingerprint density at radius 1 is 1.03 bits per heavy atom. The zero-order chi connectivity index (χ0) is 19.5. The van der Waals surface area contributed by atoms with Crippen molar-refractivity contribution < 1.29 is 4.39 Å². The van der Waals surface area contributed by atoms with E-state index in [0.29, 0.717) is 12.0 Å². The van der Waals surface area contributed by atoms with E-state index in [4.69, 9.17) is 0 Å². The van der Waals surface area contributed by atoms with Crippen LogP contribution in [0.15, 0.2) is 55.0 Å². The van der Waals surface area contributed by atoms with Gasteiger partial charge in [-0.3, -0.25) is 10.00 Å². The van der Waals surface area contributed by atoms with E-state index < -0.39 is 0 Å². The van der Waals surface area contributed by atoms with Crippen molar-refractivity contribution in [2.45, 2.75) is 19.9 Å². The Labute approximate surface area is 177 Å². The number of rotatable bonds is 5. The predicted octanol–water partition coefficient (Wildman–Crippen LogP) is 4.55. The third kappa shape index (κ3) is 4.60. The third-order valence-electron chi connectivity index (χ3n) is 5.44. The fourth-order valence-electron chi connectivity index (χ4n) is 4.16. The fraction of sp³-hybridized carbons (Fsp3) is 0.364. The maximum absolute atomic E-state index is 13.3. The Morgan fingerprint density at radius 2 is 1.76 bits per heavy atom. The second kappa shape index (κ2) is 9.37. The molecule has 3 aromatic rings. The maximum Gasteiger partial charge on any atom is 0.136 e. The largest absolute Gasteiger partial charge is 0.354 e. The number of aromatic amines is 1. The quantitative estimate of drug-likeness (QED) is 0.664. The van der Waals surface area contributed by atoms with Crippen LogP contribution >= 0.6 is 12.4 Å². The minimum atomic E-state index is -0.221. The molecule has 0 saturated carbocycles. The number of piperazine rings is 1. The molecule has 5 nitrogen and oxygen atoms in total. The molecule has 0 amide bonds. The number of anilines is 1. The van der Waals surface area contributed by atoms with Crippen LogP contribution in [0.5, 0.6) is 0 Å². The number of nitrogens with zero attached hydrogens (tertiary/aromatic N) is 4. The van der Waals surface area contributed by atoms with Crippen LogP contribution in [0.2, 0.25) is 0 Å². The second-order valence-electron chi connectivity index (χ2n) is 7.62. The van der Waals surface area contributed by atoms with Crippen molar-refractivity contribution in [1.82, 2.24) is 20.1 Å². The van der Waals surface area contributed by atoms with Gasteiger partial charge < -0.3 is 4.90 Å². The molecule has 1 saturated heterocycles. The molecule has 0 aliphatic carbocycles. The lowest BCUT2D eigenvalue weighted by Gasteiger charge is -2.41. The first-order chi connectivity index (χ1) is 13.6. The van der Waals surface area contributed by atoms with Crippen LogP contribution < -0.4 is 4.90 Å². The highest BCUT2D eigenvalue weighted by Gasteiger charge is 2.29. The van der Waals surface area contributed by atoms with Crippen LogP contribution in [0.3, 0.4) is 0 Å². The van der Waals surface area contributed by atoms with Crippen LogP contribution in [0.1, 0.15) is 25.5 Å². The van der Waals surface area contributed by atoms with E-state index in [9.17, 15) is 4.39 Å². The molecule has 0 radical (unpaired) electrons. The summed E-state index contributed by atoms with van der Waals surface area (Å²) in [5.74, 6) is 1.26. The van der Waals surface area contributed by atoms with Crippen molar-refractivity contribution in [3.8, 4) is 11.1 Å². The fourth-order valence-corrected chi connectivity index (χ4v) is 4.16. The minimum Gasteiger partial charge on any atom is -0.354 e.